The van der Waals surface area contributed by atoms with E-state index >= 15 is 0 Å². The lowest BCUT2D eigenvalue weighted by molar-refractivity contribution is -0.0328. The highest BCUT2D eigenvalue weighted by atomic mass is 32.2. The number of primary amides is 1. The summed E-state index contributed by atoms with van der Waals surface area (Å²) in [7, 11) is 0. The van der Waals surface area contributed by atoms with Crippen LogP contribution in [-0.4, -0.2) is 27.3 Å². The van der Waals surface area contributed by atoms with Crippen molar-refractivity contribution in [3.05, 3.63) is 95.4 Å². The zero-order valence-corrected chi connectivity index (χ0v) is 19.0. The molecule has 2 amide bonds. The van der Waals surface area contributed by atoms with Gasteiger partial charge in [0.05, 0.1) is 16.8 Å². The fraction of sp³-hybridized carbons (Fsp3) is 0.120. The maximum absolute atomic E-state index is 12.5. The highest BCUT2D eigenvalue weighted by molar-refractivity contribution is 8.00. The van der Waals surface area contributed by atoms with Crippen LogP contribution in [0.4, 0.5) is 18.9 Å². The Hall–Kier alpha value is -3.92. The lowest BCUT2D eigenvalue weighted by Gasteiger charge is -2.10. The summed E-state index contributed by atoms with van der Waals surface area (Å²) in [6.07, 6.45) is 2.58. The summed E-state index contributed by atoms with van der Waals surface area (Å²) in [5, 5.41) is 3.52. The minimum absolute atomic E-state index is 0.0104. The van der Waals surface area contributed by atoms with E-state index in [0.29, 0.717) is 29.6 Å². The van der Waals surface area contributed by atoms with Gasteiger partial charge in [0.1, 0.15) is 6.33 Å². The number of hydrogen-bond donors (Lipinski definition) is 2. The standard InChI is InChI=1S/C25H19F3N4O2S/c26-25(27,28)35-18-10-8-16(9-11-18)24(34)32-17-4-1-3-15(13-17)7-12-21-19-5-2-6-20(23(29)33)22(19)31-14-30-21/h1-6,8-11,13-14H,7,12H2,(H2,29,33)(H,32,34). The van der Waals surface area contributed by atoms with Crippen molar-refractivity contribution in [2.75, 3.05) is 5.32 Å². The second kappa shape index (κ2) is 10.1. The first-order valence-corrected chi connectivity index (χ1v) is 11.3. The summed E-state index contributed by atoms with van der Waals surface area (Å²) < 4.78 is 37.4. The molecule has 0 fully saturated rings. The average molecular weight is 497 g/mol. The van der Waals surface area contributed by atoms with E-state index in [2.05, 4.69) is 15.3 Å². The number of alkyl halides is 3. The first-order valence-electron chi connectivity index (χ1n) is 10.5. The van der Waals surface area contributed by atoms with Gasteiger partial charge in [0.2, 0.25) is 0 Å². The highest BCUT2D eigenvalue weighted by Crippen LogP contribution is 2.36. The Kier molecular flexibility index (Phi) is 7.02. The van der Waals surface area contributed by atoms with Crippen LogP contribution in [0.2, 0.25) is 0 Å². The maximum Gasteiger partial charge on any atom is 0.446 e. The molecule has 0 aliphatic rings. The van der Waals surface area contributed by atoms with Gasteiger partial charge in [-0.15, -0.1) is 0 Å². The predicted molar refractivity (Wildman–Crippen MR) is 128 cm³/mol. The van der Waals surface area contributed by atoms with Gasteiger partial charge in [0.15, 0.2) is 0 Å². The maximum atomic E-state index is 12.5. The molecule has 4 rings (SSSR count). The number of nitrogens with zero attached hydrogens (tertiary/aromatic N) is 2. The van der Waals surface area contributed by atoms with Crippen LogP contribution in [0.15, 0.2) is 78.0 Å². The predicted octanol–water partition coefficient (Wildman–Crippen LogP) is 5.38. The van der Waals surface area contributed by atoms with Gasteiger partial charge in [-0.1, -0.05) is 24.3 Å². The van der Waals surface area contributed by atoms with Crippen LogP contribution in [0.5, 0.6) is 0 Å². The van der Waals surface area contributed by atoms with E-state index in [4.69, 9.17) is 5.73 Å². The summed E-state index contributed by atoms with van der Waals surface area (Å²) in [5.74, 6) is -0.982. The van der Waals surface area contributed by atoms with E-state index in [1.165, 1.54) is 30.6 Å². The monoisotopic (exact) mass is 496 g/mol. The number of para-hydroxylation sites is 1. The molecule has 3 aromatic carbocycles. The number of aryl methyl sites for hydroxylation is 2. The van der Waals surface area contributed by atoms with Crippen LogP contribution >= 0.6 is 11.8 Å². The largest absolute Gasteiger partial charge is 0.446 e. The van der Waals surface area contributed by atoms with Gasteiger partial charge in [-0.2, -0.15) is 13.2 Å². The van der Waals surface area contributed by atoms with Gasteiger partial charge in [0.25, 0.3) is 11.8 Å². The minimum Gasteiger partial charge on any atom is -0.366 e. The molecule has 35 heavy (non-hydrogen) atoms. The first kappa shape index (κ1) is 24.2. The van der Waals surface area contributed by atoms with Gasteiger partial charge in [0, 0.05) is 21.5 Å². The van der Waals surface area contributed by atoms with Crippen LogP contribution < -0.4 is 11.1 Å². The second-order valence-corrected chi connectivity index (χ2v) is 8.75. The molecule has 3 N–H and O–H groups in total. The number of fused-ring (bicyclic) bond motifs is 1. The Morgan fingerprint density at radius 2 is 1.69 bits per heavy atom. The summed E-state index contributed by atoms with van der Waals surface area (Å²) in [6.45, 7) is 0. The van der Waals surface area contributed by atoms with E-state index in [9.17, 15) is 22.8 Å². The molecule has 10 heteroatoms. The van der Waals surface area contributed by atoms with E-state index in [-0.39, 0.29) is 22.2 Å². The van der Waals surface area contributed by atoms with E-state index in [0.717, 1.165) is 16.6 Å². The fourth-order valence-electron chi connectivity index (χ4n) is 3.62. The molecule has 0 aliphatic carbocycles. The Labute approximate surface area is 202 Å². The van der Waals surface area contributed by atoms with Gasteiger partial charge in [-0.25, -0.2) is 9.97 Å². The summed E-state index contributed by atoms with van der Waals surface area (Å²) in [5.41, 5.74) is 4.42. The van der Waals surface area contributed by atoms with E-state index in [1.807, 2.05) is 18.2 Å². The topological polar surface area (TPSA) is 98.0 Å². The van der Waals surface area contributed by atoms with Gasteiger partial charge in [-0.05, 0) is 72.6 Å². The normalized spacial score (nSPS) is 11.4. The summed E-state index contributed by atoms with van der Waals surface area (Å²) in [6, 6.07) is 17.7. The van der Waals surface area contributed by atoms with Crippen molar-refractivity contribution in [3.63, 3.8) is 0 Å². The zero-order chi connectivity index (χ0) is 25.0. The highest BCUT2D eigenvalue weighted by Gasteiger charge is 2.29. The lowest BCUT2D eigenvalue weighted by Crippen LogP contribution is -2.12. The molecular formula is C25H19F3N4O2S. The van der Waals surface area contributed by atoms with Crippen LogP contribution in [0.25, 0.3) is 10.9 Å². The second-order valence-electron chi connectivity index (χ2n) is 7.61. The number of anilines is 1. The Bertz CT molecular complexity index is 1390. The molecule has 0 saturated heterocycles. The van der Waals surface area contributed by atoms with Crippen LogP contribution in [0.1, 0.15) is 32.0 Å². The zero-order valence-electron chi connectivity index (χ0n) is 18.2. The van der Waals surface area contributed by atoms with Crippen molar-refractivity contribution in [1.29, 1.82) is 0 Å². The smallest absolute Gasteiger partial charge is 0.366 e. The average Bonchev–Trinajstić information content (AvgIpc) is 2.82. The van der Waals surface area contributed by atoms with Gasteiger partial charge in [-0.3, -0.25) is 9.59 Å². The van der Waals surface area contributed by atoms with Crippen molar-refractivity contribution in [1.82, 2.24) is 9.97 Å². The molecule has 0 radical (unpaired) electrons. The van der Waals surface area contributed by atoms with E-state index in [1.54, 1.807) is 24.3 Å². The van der Waals surface area contributed by atoms with E-state index < -0.39 is 17.3 Å². The molecule has 0 aliphatic heterocycles. The molecule has 0 saturated carbocycles. The van der Waals surface area contributed by atoms with Crippen LogP contribution in [-0.2, 0) is 12.8 Å². The number of thioether (sulfide) groups is 1. The molecule has 6 nitrogen and oxygen atoms in total. The van der Waals surface area contributed by atoms with Gasteiger partial charge < -0.3 is 11.1 Å². The molecule has 0 atom stereocenters. The number of halogens is 3. The minimum atomic E-state index is -4.38. The van der Waals surface area contributed by atoms with Crippen LogP contribution in [0, 0.1) is 0 Å². The Balaban J connectivity index is 1.44. The molecule has 178 valence electrons. The first-order chi connectivity index (χ1) is 16.7. The number of nitrogens with two attached hydrogens (primary N) is 1. The van der Waals surface area contributed by atoms with Crippen molar-refractivity contribution in [2.45, 2.75) is 23.2 Å². The molecule has 0 bridgehead atoms. The van der Waals surface area contributed by atoms with Crippen molar-refractivity contribution in [3.8, 4) is 0 Å². The molecule has 0 unspecified atom stereocenters. The number of rotatable bonds is 7. The summed E-state index contributed by atoms with van der Waals surface area (Å²) in [4.78, 5) is 32.8. The fourth-order valence-corrected chi connectivity index (χ4v) is 4.16. The Morgan fingerprint density at radius 1 is 0.943 bits per heavy atom. The summed E-state index contributed by atoms with van der Waals surface area (Å²) >= 11 is -0.230. The number of carbonyl (C=O) groups is 2. The number of carbonyl (C=O) groups excluding carboxylic acids is 2. The number of aromatic nitrogens is 2. The quantitative estimate of drug-likeness (QED) is 0.335. The third-order valence-corrected chi connectivity index (χ3v) is 5.94. The van der Waals surface area contributed by atoms with Crippen molar-refractivity contribution >= 4 is 40.2 Å². The third kappa shape index (κ3) is 6.15. The molecule has 0 spiro atoms. The van der Waals surface area contributed by atoms with Crippen LogP contribution in [0.3, 0.4) is 0 Å². The number of amides is 2. The molecule has 1 aromatic heterocycles. The Morgan fingerprint density at radius 3 is 2.40 bits per heavy atom. The van der Waals surface area contributed by atoms with Gasteiger partial charge >= 0.3 is 5.51 Å². The molecule has 1 heterocycles. The third-order valence-electron chi connectivity index (χ3n) is 5.20. The number of nitrogens with one attached hydrogen (secondary N) is 1. The molecule has 4 aromatic rings. The lowest BCUT2D eigenvalue weighted by atomic mass is 10.0. The SMILES string of the molecule is NC(=O)c1cccc2c(CCc3cccc(NC(=O)c4ccc(SC(F)(F)F)cc4)c3)ncnc12. The molecular weight excluding hydrogens is 477 g/mol. The van der Waals surface area contributed by atoms with Crippen molar-refractivity contribution in [2.24, 2.45) is 5.73 Å². The van der Waals surface area contributed by atoms with Crippen molar-refractivity contribution < 1.29 is 22.8 Å². The number of hydrogen-bond acceptors (Lipinski definition) is 5. The number of benzene rings is 3.